The van der Waals surface area contributed by atoms with Gasteiger partial charge in [-0.2, -0.15) is 0 Å². The number of nitrogens with zero attached hydrogens (tertiary/aromatic N) is 1. The SMILES string of the molecule is CC(C)(C)Sc1ccccc1CNC1CCN(Cc2ccc(Cl)c(N)c2)CC1. The van der Waals surface area contributed by atoms with Crippen molar-refractivity contribution in [3.8, 4) is 0 Å². The molecule has 28 heavy (non-hydrogen) atoms. The van der Waals surface area contributed by atoms with Gasteiger partial charge >= 0.3 is 0 Å². The Labute approximate surface area is 179 Å². The van der Waals surface area contributed by atoms with Gasteiger partial charge in [0, 0.05) is 28.8 Å². The number of anilines is 1. The van der Waals surface area contributed by atoms with Crippen molar-refractivity contribution in [3.63, 3.8) is 0 Å². The smallest absolute Gasteiger partial charge is 0.0635 e. The first kappa shape index (κ1) is 21.5. The van der Waals surface area contributed by atoms with E-state index >= 15 is 0 Å². The third kappa shape index (κ3) is 6.41. The van der Waals surface area contributed by atoms with Crippen LogP contribution in [0.5, 0.6) is 0 Å². The maximum atomic E-state index is 6.03. The van der Waals surface area contributed by atoms with Crippen molar-refractivity contribution in [1.82, 2.24) is 10.2 Å². The summed E-state index contributed by atoms with van der Waals surface area (Å²) in [6, 6.07) is 15.3. The van der Waals surface area contributed by atoms with Crippen molar-refractivity contribution in [2.45, 2.75) is 62.4 Å². The van der Waals surface area contributed by atoms with Gasteiger partial charge in [0.25, 0.3) is 0 Å². The summed E-state index contributed by atoms with van der Waals surface area (Å²) in [6.07, 6.45) is 2.36. The van der Waals surface area contributed by atoms with Crippen LogP contribution >= 0.6 is 23.4 Å². The highest BCUT2D eigenvalue weighted by Gasteiger charge is 2.20. The molecule has 0 bridgehead atoms. The molecule has 2 aromatic rings. The Bertz CT molecular complexity index is 780. The number of thioether (sulfide) groups is 1. The highest BCUT2D eigenvalue weighted by atomic mass is 35.5. The minimum absolute atomic E-state index is 0.229. The van der Waals surface area contributed by atoms with Gasteiger partial charge in [-0.3, -0.25) is 4.90 Å². The lowest BCUT2D eigenvalue weighted by atomic mass is 10.0. The Balaban J connectivity index is 1.48. The van der Waals surface area contributed by atoms with Crippen LogP contribution in [-0.2, 0) is 13.1 Å². The molecule has 2 aromatic carbocycles. The molecule has 3 nitrogen and oxygen atoms in total. The molecule has 0 amide bonds. The third-order valence-corrected chi connectivity index (χ3v) is 6.60. The molecule has 3 N–H and O–H groups in total. The number of nitrogens with one attached hydrogen (secondary N) is 1. The topological polar surface area (TPSA) is 41.3 Å². The highest BCUT2D eigenvalue weighted by Crippen LogP contribution is 2.34. The zero-order valence-electron chi connectivity index (χ0n) is 17.2. The summed E-state index contributed by atoms with van der Waals surface area (Å²) < 4.78 is 0.229. The maximum absolute atomic E-state index is 6.03. The van der Waals surface area contributed by atoms with E-state index < -0.39 is 0 Å². The number of hydrogen-bond acceptors (Lipinski definition) is 4. The fourth-order valence-electron chi connectivity index (χ4n) is 3.58. The summed E-state index contributed by atoms with van der Waals surface area (Å²) in [6.45, 7) is 10.9. The van der Waals surface area contributed by atoms with Gasteiger partial charge in [-0.1, -0.05) is 56.6 Å². The van der Waals surface area contributed by atoms with Gasteiger partial charge in [0.05, 0.1) is 10.7 Å². The second kappa shape index (κ2) is 9.53. The Morgan fingerprint density at radius 1 is 1.14 bits per heavy atom. The molecule has 0 aromatic heterocycles. The molecule has 3 rings (SSSR count). The average molecular weight is 418 g/mol. The molecule has 1 aliphatic heterocycles. The van der Waals surface area contributed by atoms with Crippen LogP contribution in [0.1, 0.15) is 44.7 Å². The molecule has 0 aliphatic carbocycles. The van der Waals surface area contributed by atoms with E-state index in [0.29, 0.717) is 16.8 Å². The largest absolute Gasteiger partial charge is 0.398 e. The van der Waals surface area contributed by atoms with Gasteiger partial charge in [-0.25, -0.2) is 0 Å². The first-order valence-electron chi connectivity index (χ1n) is 10.1. The zero-order valence-corrected chi connectivity index (χ0v) is 18.7. The summed E-state index contributed by atoms with van der Waals surface area (Å²) in [7, 11) is 0. The predicted molar refractivity (Wildman–Crippen MR) is 123 cm³/mol. The standard InChI is InChI=1S/C23H32ClN3S/c1-23(2,3)28-22-7-5-4-6-18(22)15-26-19-10-12-27(13-11-19)16-17-8-9-20(24)21(25)14-17/h4-9,14,19,26H,10-13,15-16,25H2,1-3H3. The van der Waals surface area contributed by atoms with Gasteiger partial charge in [0.15, 0.2) is 0 Å². The van der Waals surface area contributed by atoms with Gasteiger partial charge in [0.1, 0.15) is 0 Å². The normalized spacial score (nSPS) is 16.4. The molecule has 1 fully saturated rings. The first-order chi connectivity index (χ1) is 13.3. The van der Waals surface area contributed by atoms with E-state index in [-0.39, 0.29) is 4.75 Å². The quantitative estimate of drug-likeness (QED) is 0.476. The molecule has 1 aliphatic rings. The predicted octanol–water partition coefficient (Wildman–Crippen LogP) is 5.57. The third-order valence-electron chi connectivity index (χ3n) is 5.02. The van der Waals surface area contributed by atoms with Crippen LogP contribution in [-0.4, -0.2) is 28.8 Å². The number of nitrogen functional groups attached to an aromatic ring is 1. The minimum Gasteiger partial charge on any atom is -0.398 e. The van der Waals surface area contributed by atoms with Crippen molar-refractivity contribution in [2.24, 2.45) is 0 Å². The van der Waals surface area contributed by atoms with Crippen LogP contribution in [0.3, 0.4) is 0 Å². The zero-order chi connectivity index (χ0) is 20.1. The van der Waals surface area contributed by atoms with Crippen molar-refractivity contribution >= 4 is 29.1 Å². The van der Waals surface area contributed by atoms with E-state index in [1.165, 1.54) is 28.9 Å². The Morgan fingerprint density at radius 3 is 2.54 bits per heavy atom. The number of hydrogen-bond donors (Lipinski definition) is 2. The van der Waals surface area contributed by atoms with Crippen molar-refractivity contribution in [2.75, 3.05) is 18.8 Å². The lowest BCUT2D eigenvalue weighted by Crippen LogP contribution is -2.41. The van der Waals surface area contributed by atoms with Gasteiger partial charge < -0.3 is 11.1 Å². The van der Waals surface area contributed by atoms with Gasteiger partial charge in [-0.05, 0) is 55.3 Å². The van der Waals surface area contributed by atoms with Crippen LogP contribution < -0.4 is 11.1 Å². The molecule has 0 unspecified atom stereocenters. The fraction of sp³-hybridized carbons (Fsp3) is 0.478. The Hall–Kier alpha value is -1.20. The second-order valence-corrected chi connectivity index (χ2v) is 10.9. The molecule has 5 heteroatoms. The molecular weight excluding hydrogens is 386 g/mol. The molecule has 1 saturated heterocycles. The molecule has 0 saturated carbocycles. The van der Waals surface area contributed by atoms with E-state index in [1.807, 2.05) is 23.9 Å². The molecule has 152 valence electrons. The van der Waals surface area contributed by atoms with E-state index in [1.54, 1.807) is 0 Å². The molecule has 0 radical (unpaired) electrons. The maximum Gasteiger partial charge on any atom is 0.0635 e. The second-order valence-electron chi connectivity index (χ2n) is 8.61. The van der Waals surface area contributed by atoms with E-state index in [2.05, 4.69) is 61.3 Å². The van der Waals surface area contributed by atoms with Crippen LogP contribution in [0, 0.1) is 0 Å². The van der Waals surface area contributed by atoms with Crippen LogP contribution in [0.2, 0.25) is 5.02 Å². The lowest BCUT2D eigenvalue weighted by molar-refractivity contribution is 0.190. The van der Waals surface area contributed by atoms with Crippen molar-refractivity contribution in [1.29, 1.82) is 0 Å². The number of rotatable bonds is 6. The van der Waals surface area contributed by atoms with E-state index in [0.717, 1.165) is 26.2 Å². The van der Waals surface area contributed by atoms with Crippen LogP contribution in [0.4, 0.5) is 5.69 Å². The monoisotopic (exact) mass is 417 g/mol. The van der Waals surface area contributed by atoms with Crippen LogP contribution in [0.15, 0.2) is 47.4 Å². The van der Waals surface area contributed by atoms with Crippen molar-refractivity contribution < 1.29 is 0 Å². The number of benzene rings is 2. The summed E-state index contributed by atoms with van der Waals surface area (Å²) in [5, 5.41) is 4.42. The molecule has 0 atom stereocenters. The summed E-state index contributed by atoms with van der Waals surface area (Å²) in [4.78, 5) is 3.89. The molecular formula is C23H32ClN3S. The summed E-state index contributed by atoms with van der Waals surface area (Å²) in [5.74, 6) is 0. The Kier molecular flexibility index (Phi) is 7.32. The number of piperidine rings is 1. The van der Waals surface area contributed by atoms with Gasteiger partial charge in [-0.15, -0.1) is 11.8 Å². The number of halogens is 1. The lowest BCUT2D eigenvalue weighted by Gasteiger charge is -2.32. The van der Waals surface area contributed by atoms with E-state index in [4.69, 9.17) is 17.3 Å². The Morgan fingerprint density at radius 2 is 1.86 bits per heavy atom. The minimum atomic E-state index is 0.229. The fourth-order valence-corrected chi connectivity index (χ4v) is 4.77. The number of likely N-dealkylation sites (tertiary alicyclic amines) is 1. The van der Waals surface area contributed by atoms with Crippen LogP contribution in [0.25, 0.3) is 0 Å². The molecule has 0 spiro atoms. The van der Waals surface area contributed by atoms with Gasteiger partial charge in [0.2, 0.25) is 0 Å². The first-order valence-corrected chi connectivity index (χ1v) is 11.3. The molecule has 1 heterocycles. The average Bonchev–Trinajstić information content (AvgIpc) is 2.64. The van der Waals surface area contributed by atoms with E-state index in [9.17, 15) is 0 Å². The highest BCUT2D eigenvalue weighted by molar-refractivity contribution is 8.00. The van der Waals surface area contributed by atoms with Crippen molar-refractivity contribution in [3.05, 3.63) is 58.6 Å². The number of nitrogens with two attached hydrogens (primary N) is 1. The summed E-state index contributed by atoms with van der Waals surface area (Å²) >= 11 is 7.98. The summed E-state index contributed by atoms with van der Waals surface area (Å²) in [5.41, 5.74) is 9.24.